The van der Waals surface area contributed by atoms with Crippen LogP contribution in [0.25, 0.3) is 6.08 Å². The average molecular weight is 546 g/mol. The molecule has 0 N–H and O–H groups in total. The Bertz CT molecular complexity index is 1710. The summed E-state index contributed by atoms with van der Waals surface area (Å²) >= 11 is 6.28. The normalized spacial score (nSPS) is 21.8. The van der Waals surface area contributed by atoms with E-state index in [9.17, 15) is 14.4 Å². The van der Waals surface area contributed by atoms with Gasteiger partial charge in [-0.2, -0.15) is 0 Å². The fraction of sp³-hybridized carbons (Fsp3) is 0.147. The fourth-order valence-corrected chi connectivity index (χ4v) is 7.03. The number of carbonyl (C=O) groups excluding carboxylic acids is 3. The van der Waals surface area contributed by atoms with Crippen molar-refractivity contribution in [3.63, 3.8) is 0 Å². The zero-order valence-electron chi connectivity index (χ0n) is 21.6. The van der Waals surface area contributed by atoms with Crippen LogP contribution in [0, 0.1) is 5.41 Å². The highest BCUT2D eigenvalue weighted by Crippen LogP contribution is 2.61. The van der Waals surface area contributed by atoms with Gasteiger partial charge >= 0.3 is 0 Å². The van der Waals surface area contributed by atoms with Crippen LogP contribution in [-0.2, 0) is 0 Å². The standard InChI is InChI=1S/C34H24ClNO4/c1-40-24-9-6-8-22(19-24)31(37)30-29(21-13-16-23(35)17-14-21)34(32(38)25-10-3-4-11-26(25)33(34)39)28-18-15-20-7-2-5-12-27(20)36(28)30/h2-19,28-30H,1H3/t28-,29-,30-/m0/s1. The van der Waals surface area contributed by atoms with E-state index in [1.54, 1.807) is 67.8 Å². The lowest BCUT2D eigenvalue weighted by Crippen LogP contribution is -2.48. The molecule has 0 radical (unpaired) electrons. The zero-order chi connectivity index (χ0) is 27.6. The number of hydrogen-bond acceptors (Lipinski definition) is 5. The summed E-state index contributed by atoms with van der Waals surface area (Å²) in [4.78, 5) is 45.9. The van der Waals surface area contributed by atoms with Crippen molar-refractivity contribution >= 4 is 40.7 Å². The smallest absolute Gasteiger partial charge is 0.186 e. The maximum absolute atomic E-state index is 14.7. The molecule has 196 valence electrons. The Kier molecular flexibility index (Phi) is 5.55. The molecule has 1 fully saturated rings. The van der Waals surface area contributed by atoms with E-state index in [1.807, 2.05) is 53.5 Å². The van der Waals surface area contributed by atoms with Crippen LogP contribution in [0.5, 0.6) is 5.75 Å². The number of Topliss-reactive ketones (excluding diaryl/α,β-unsaturated/α-hetero) is 3. The first-order valence-electron chi connectivity index (χ1n) is 13.1. The second-order valence-electron chi connectivity index (χ2n) is 10.4. The Morgan fingerprint density at radius 3 is 2.23 bits per heavy atom. The zero-order valence-corrected chi connectivity index (χ0v) is 22.3. The molecular weight excluding hydrogens is 522 g/mol. The fourth-order valence-electron chi connectivity index (χ4n) is 6.91. The lowest BCUT2D eigenvalue weighted by Gasteiger charge is -2.37. The number of rotatable bonds is 4. The lowest BCUT2D eigenvalue weighted by atomic mass is 9.64. The van der Waals surface area contributed by atoms with Gasteiger partial charge in [-0.25, -0.2) is 0 Å². The number of ether oxygens (including phenoxy) is 1. The van der Waals surface area contributed by atoms with E-state index >= 15 is 0 Å². The van der Waals surface area contributed by atoms with Crippen molar-refractivity contribution in [3.8, 4) is 5.75 Å². The van der Waals surface area contributed by atoms with E-state index in [0.717, 1.165) is 11.3 Å². The van der Waals surface area contributed by atoms with Crippen LogP contribution < -0.4 is 9.64 Å². The van der Waals surface area contributed by atoms with Gasteiger partial charge in [0.1, 0.15) is 17.2 Å². The maximum atomic E-state index is 14.7. The number of hydrogen-bond donors (Lipinski definition) is 0. The van der Waals surface area contributed by atoms with E-state index in [1.165, 1.54) is 0 Å². The summed E-state index contributed by atoms with van der Waals surface area (Å²) in [6.07, 6.45) is 3.88. The van der Waals surface area contributed by atoms with Crippen molar-refractivity contribution in [2.45, 2.75) is 18.0 Å². The van der Waals surface area contributed by atoms with Crippen molar-refractivity contribution < 1.29 is 19.1 Å². The molecule has 1 aliphatic carbocycles. The van der Waals surface area contributed by atoms with Crippen molar-refractivity contribution in [2.75, 3.05) is 12.0 Å². The number of fused-ring (bicyclic) bond motifs is 5. The highest BCUT2D eigenvalue weighted by molar-refractivity contribution is 6.32. The minimum atomic E-state index is -1.54. The molecule has 2 heterocycles. The Labute approximate surface area is 236 Å². The van der Waals surface area contributed by atoms with E-state index in [2.05, 4.69) is 0 Å². The topological polar surface area (TPSA) is 63.7 Å². The first-order chi connectivity index (χ1) is 19.5. The van der Waals surface area contributed by atoms with Crippen LogP contribution in [0.15, 0.2) is 103 Å². The number of para-hydroxylation sites is 1. The largest absolute Gasteiger partial charge is 0.497 e. The molecule has 1 spiro atoms. The van der Waals surface area contributed by atoms with E-state index < -0.39 is 23.4 Å². The maximum Gasteiger partial charge on any atom is 0.186 e. The van der Waals surface area contributed by atoms with Gasteiger partial charge in [0.15, 0.2) is 17.3 Å². The number of halogens is 1. The van der Waals surface area contributed by atoms with Crippen LogP contribution >= 0.6 is 11.6 Å². The van der Waals surface area contributed by atoms with Crippen LogP contribution in [0.4, 0.5) is 5.69 Å². The SMILES string of the molecule is COc1cccc(C(=O)[C@@H]2[C@H](c3ccc(Cl)cc3)C3(C(=O)c4ccccc4C3=O)[C@@H]3C=Cc4ccccc4N23)c1. The summed E-state index contributed by atoms with van der Waals surface area (Å²) in [6, 6.07) is 27.4. The second-order valence-corrected chi connectivity index (χ2v) is 10.8. The molecule has 1 saturated heterocycles. The molecule has 5 nitrogen and oxygen atoms in total. The molecule has 40 heavy (non-hydrogen) atoms. The van der Waals surface area contributed by atoms with Crippen LogP contribution in [0.1, 0.15) is 48.1 Å². The third-order valence-corrected chi connectivity index (χ3v) is 8.82. The Balaban J connectivity index is 1.54. The summed E-state index contributed by atoms with van der Waals surface area (Å²) in [5.74, 6) is -0.933. The number of benzene rings is 4. The average Bonchev–Trinajstić information content (AvgIpc) is 3.43. The van der Waals surface area contributed by atoms with Crippen LogP contribution in [0.2, 0.25) is 5.02 Å². The molecule has 0 bridgehead atoms. The van der Waals surface area contributed by atoms with Crippen molar-refractivity contribution in [3.05, 3.63) is 136 Å². The Hall–Kier alpha value is -4.48. The summed E-state index contributed by atoms with van der Waals surface area (Å²) < 4.78 is 5.43. The van der Waals surface area contributed by atoms with Gasteiger partial charge < -0.3 is 9.64 Å². The highest BCUT2D eigenvalue weighted by Gasteiger charge is 2.71. The molecule has 0 saturated carbocycles. The van der Waals surface area contributed by atoms with Gasteiger partial charge in [-0.3, -0.25) is 14.4 Å². The van der Waals surface area contributed by atoms with Crippen LogP contribution in [0.3, 0.4) is 0 Å². The van der Waals surface area contributed by atoms with E-state index in [-0.39, 0.29) is 17.3 Å². The number of ketones is 3. The van der Waals surface area contributed by atoms with Crippen molar-refractivity contribution in [1.82, 2.24) is 0 Å². The number of carbonyl (C=O) groups is 3. The summed E-state index contributed by atoms with van der Waals surface area (Å²) in [7, 11) is 1.56. The Morgan fingerprint density at radius 2 is 1.52 bits per heavy atom. The molecule has 0 aromatic heterocycles. The summed E-state index contributed by atoms with van der Waals surface area (Å²) in [6.45, 7) is 0. The van der Waals surface area contributed by atoms with E-state index in [0.29, 0.717) is 33.0 Å². The van der Waals surface area contributed by atoms with Gasteiger partial charge in [-0.1, -0.05) is 90.5 Å². The van der Waals surface area contributed by atoms with Gasteiger partial charge in [0.25, 0.3) is 0 Å². The molecule has 0 unspecified atom stereocenters. The summed E-state index contributed by atoms with van der Waals surface area (Å²) in [5.41, 5.74) is 2.14. The monoisotopic (exact) mass is 545 g/mol. The summed E-state index contributed by atoms with van der Waals surface area (Å²) in [5, 5.41) is 0.529. The lowest BCUT2D eigenvalue weighted by molar-refractivity contribution is 0.0666. The van der Waals surface area contributed by atoms with E-state index in [4.69, 9.17) is 16.3 Å². The van der Waals surface area contributed by atoms with Gasteiger partial charge in [-0.05, 0) is 41.5 Å². The van der Waals surface area contributed by atoms with Crippen molar-refractivity contribution in [2.24, 2.45) is 5.41 Å². The molecular formula is C34H24ClNO4. The number of nitrogens with zero attached hydrogens (tertiary/aromatic N) is 1. The first kappa shape index (κ1) is 24.6. The third kappa shape index (κ3) is 3.24. The third-order valence-electron chi connectivity index (χ3n) is 8.56. The van der Waals surface area contributed by atoms with Crippen LogP contribution in [-0.4, -0.2) is 36.5 Å². The predicted molar refractivity (Wildman–Crippen MR) is 155 cm³/mol. The van der Waals surface area contributed by atoms with Gasteiger partial charge in [0.2, 0.25) is 0 Å². The molecule has 2 aliphatic heterocycles. The second kappa shape index (κ2) is 9.04. The molecule has 4 aromatic rings. The van der Waals surface area contributed by atoms with Gasteiger partial charge in [0, 0.05) is 33.3 Å². The Morgan fingerprint density at radius 1 is 0.850 bits per heavy atom. The molecule has 7 rings (SSSR count). The molecule has 3 aliphatic rings. The molecule has 4 aromatic carbocycles. The highest BCUT2D eigenvalue weighted by atomic mass is 35.5. The first-order valence-corrected chi connectivity index (χ1v) is 13.5. The predicted octanol–water partition coefficient (Wildman–Crippen LogP) is 6.66. The minimum Gasteiger partial charge on any atom is -0.497 e. The minimum absolute atomic E-state index is 0.192. The van der Waals surface area contributed by atoms with Gasteiger partial charge in [-0.15, -0.1) is 0 Å². The molecule has 6 heteroatoms. The number of methoxy groups -OCH3 is 1. The number of anilines is 1. The van der Waals surface area contributed by atoms with Gasteiger partial charge in [0.05, 0.1) is 13.2 Å². The van der Waals surface area contributed by atoms with Crippen molar-refractivity contribution in [1.29, 1.82) is 0 Å². The quantitative estimate of drug-likeness (QED) is 0.212. The molecule has 0 amide bonds. The molecule has 3 atom stereocenters.